The van der Waals surface area contributed by atoms with Gasteiger partial charge in [0.15, 0.2) is 0 Å². The Labute approximate surface area is 233 Å². The molecule has 1 heterocycles. The smallest absolute Gasteiger partial charge is 0.382 e. The molecule has 0 unspecified atom stereocenters. The van der Waals surface area contributed by atoms with Crippen LogP contribution in [0.2, 0.25) is 5.02 Å². The van der Waals surface area contributed by atoms with Crippen molar-refractivity contribution < 1.29 is 31.5 Å². The van der Waals surface area contributed by atoms with Crippen molar-refractivity contribution in [3.8, 4) is 5.69 Å². The normalized spacial score (nSPS) is 12.6. The molecule has 1 amide bonds. The predicted octanol–water partition coefficient (Wildman–Crippen LogP) is 4.85. The highest BCUT2D eigenvalue weighted by Gasteiger charge is 2.35. The van der Waals surface area contributed by atoms with Crippen LogP contribution in [0.4, 0.5) is 13.2 Å². The molecule has 4 rings (SSSR count). The van der Waals surface area contributed by atoms with Crippen LogP contribution in [0.15, 0.2) is 59.5 Å². The minimum absolute atomic E-state index is 0.0238. The summed E-state index contributed by atoms with van der Waals surface area (Å²) in [5.74, 6) is -0.458. The number of hydrogen-bond donors (Lipinski definition) is 3. The number of nitrogens with two attached hydrogens (primary N) is 1. The first-order valence-electron chi connectivity index (χ1n) is 12.0. The van der Waals surface area contributed by atoms with Crippen molar-refractivity contribution in [1.82, 2.24) is 14.9 Å². The topological polar surface area (TPSA) is 127 Å². The highest BCUT2D eigenvalue weighted by atomic mass is 35.5. The average molecular weight is 595 g/mol. The Bertz CT molecular complexity index is 1710. The van der Waals surface area contributed by atoms with E-state index in [4.69, 9.17) is 16.7 Å². The predicted molar refractivity (Wildman–Crippen MR) is 145 cm³/mol. The van der Waals surface area contributed by atoms with Gasteiger partial charge in [-0.15, -0.1) is 0 Å². The van der Waals surface area contributed by atoms with E-state index in [0.717, 1.165) is 11.6 Å². The number of carbonyl (C=O) groups excluding carboxylic acids is 1. The van der Waals surface area contributed by atoms with Crippen molar-refractivity contribution in [2.24, 2.45) is 5.14 Å². The summed E-state index contributed by atoms with van der Waals surface area (Å²) in [7, 11) is -4.09. The molecule has 0 fully saturated rings. The van der Waals surface area contributed by atoms with Crippen molar-refractivity contribution in [1.29, 1.82) is 0 Å². The van der Waals surface area contributed by atoms with Crippen LogP contribution in [0.5, 0.6) is 0 Å². The highest BCUT2D eigenvalue weighted by molar-refractivity contribution is 7.89. The standard InChI is InChI=1S/C27H26ClF3N4O4S/c1-15-4-9-23(40(32,38)39)18(12-15)24(36)33-11-10-16-5-7-17(8-6-16)35-22-14-20(28)19(27(29,30)31)13-21(22)34-25(35)26(2,3)37/h4-9,12-14,37H,10-11H2,1-3H3,(H,33,36)(H2,32,38,39). The van der Waals surface area contributed by atoms with E-state index < -0.39 is 38.3 Å². The minimum atomic E-state index is -4.67. The Morgan fingerprint density at radius 1 is 1.10 bits per heavy atom. The van der Waals surface area contributed by atoms with E-state index in [1.807, 2.05) is 0 Å². The van der Waals surface area contributed by atoms with Gasteiger partial charge in [0.1, 0.15) is 11.4 Å². The molecule has 0 spiro atoms. The molecule has 0 aliphatic rings. The van der Waals surface area contributed by atoms with Gasteiger partial charge in [0.2, 0.25) is 10.0 Å². The number of hydrogen-bond acceptors (Lipinski definition) is 5. The summed E-state index contributed by atoms with van der Waals surface area (Å²) in [6.07, 6.45) is -4.27. The molecule has 0 aliphatic carbocycles. The Balaban J connectivity index is 1.58. The number of fused-ring (bicyclic) bond motifs is 1. The van der Waals surface area contributed by atoms with Gasteiger partial charge >= 0.3 is 6.18 Å². The number of aromatic nitrogens is 2. The van der Waals surface area contributed by atoms with E-state index in [2.05, 4.69) is 10.3 Å². The summed E-state index contributed by atoms with van der Waals surface area (Å²) < 4.78 is 65.4. The lowest BCUT2D eigenvalue weighted by molar-refractivity contribution is -0.137. The van der Waals surface area contributed by atoms with Crippen molar-refractivity contribution in [3.63, 3.8) is 0 Å². The van der Waals surface area contributed by atoms with Crippen LogP contribution in [0.1, 0.15) is 46.7 Å². The van der Waals surface area contributed by atoms with Crippen molar-refractivity contribution in [2.75, 3.05) is 6.54 Å². The van der Waals surface area contributed by atoms with Gasteiger partial charge in [-0.05, 0) is 69.2 Å². The fourth-order valence-corrected chi connectivity index (χ4v) is 5.26. The Morgan fingerprint density at radius 3 is 2.33 bits per heavy atom. The molecular formula is C27H26ClF3N4O4S. The number of benzene rings is 3. The quantitative estimate of drug-likeness (QED) is 0.282. The molecule has 0 saturated heterocycles. The summed E-state index contributed by atoms with van der Waals surface area (Å²) in [6, 6.07) is 13.2. The molecule has 0 bridgehead atoms. The van der Waals surface area contributed by atoms with Gasteiger partial charge in [-0.2, -0.15) is 13.2 Å². The molecule has 4 N–H and O–H groups in total. The third kappa shape index (κ3) is 6.15. The van der Waals surface area contributed by atoms with E-state index in [-0.39, 0.29) is 28.3 Å². The fraction of sp³-hybridized carbons (Fsp3) is 0.259. The van der Waals surface area contributed by atoms with E-state index >= 15 is 0 Å². The molecule has 0 radical (unpaired) electrons. The Kier molecular flexibility index (Phi) is 7.76. The number of aliphatic hydroxyl groups is 1. The summed E-state index contributed by atoms with van der Waals surface area (Å²) in [5.41, 5.74) is -0.203. The number of imidazole rings is 1. The van der Waals surface area contributed by atoms with Crippen LogP contribution in [0, 0.1) is 6.92 Å². The minimum Gasteiger partial charge on any atom is -0.382 e. The SMILES string of the molecule is Cc1ccc(S(N)(=O)=O)c(C(=O)NCCc2ccc(-n3c(C(C)(C)O)nc4cc(C(F)(F)F)c(Cl)cc43)cc2)c1. The Hall–Kier alpha value is -3.45. The molecule has 13 heteroatoms. The van der Waals surface area contributed by atoms with Crippen LogP contribution in [-0.4, -0.2) is 35.5 Å². The lowest BCUT2D eigenvalue weighted by Gasteiger charge is -2.19. The number of carbonyl (C=O) groups is 1. The van der Waals surface area contributed by atoms with E-state index in [9.17, 15) is 31.5 Å². The van der Waals surface area contributed by atoms with E-state index in [1.54, 1.807) is 41.8 Å². The monoisotopic (exact) mass is 594 g/mol. The van der Waals surface area contributed by atoms with Gasteiger partial charge in [-0.25, -0.2) is 18.5 Å². The van der Waals surface area contributed by atoms with Crippen LogP contribution < -0.4 is 10.5 Å². The number of nitrogens with one attached hydrogen (secondary N) is 1. The second kappa shape index (κ2) is 10.5. The first kappa shape index (κ1) is 29.5. The molecule has 1 aromatic heterocycles. The third-order valence-corrected chi connectivity index (χ3v) is 7.46. The van der Waals surface area contributed by atoms with Crippen molar-refractivity contribution >= 4 is 38.6 Å². The molecular weight excluding hydrogens is 569 g/mol. The van der Waals surface area contributed by atoms with Gasteiger partial charge in [-0.1, -0.05) is 35.4 Å². The van der Waals surface area contributed by atoms with E-state index in [1.165, 1.54) is 32.0 Å². The molecule has 0 aliphatic heterocycles. The number of rotatable bonds is 7. The first-order valence-corrected chi connectivity index (χ1v) is 13.9. The van der Waals surface area contributed by atoms with Crippen LogP contribution in [0.3, 0.4) is 0 Å². The maximum atomic E-state index is 13.4. The molecule has 0 saturated carbocycles. The lowest BCUT2D eigenvalue weighted by Crippen LogP contribution is -2.28. The summed E-state index contributed by atoms with van der Waals surface area (Å²) in [6.45, 7) is 4.86. The zero-order valence-corrected chi connectivity index (χ0v) is 23.2. The molecule has 0 atom stereocenters. The van der Waals surface area contributed by atoms with Crippen molar-refractivity contribution in [3.05, 3.63) is 87.7 Å². The number of primary sulfonamides is 1. The molecule has 4 aromatic rings. The zero-order valence-electron chi connectivity index (χ0n) is 21.7. The molecule has 212 valence electrons. The van der Waals surface area contributed by atoms with E-state index in [0.29, 0.717) is 23.2 Å². The van der Waals surface area contributed by atoms with Gasteiger partial charge in [0.05, 0.1) is 32.1 Å². The maximum Gasteiger partial charge on any atom is 0.417 e. The van der Waals surface area contributed by atoms with Gasteiger partial charge in [0, 0.05) is 12.2 Å². The number of halogens is 4. The number of aryl methyl sites for hydroxylation is 1. The molecule has 8 nitrogen and oxygen atoms in total. The van der Waals surface area contributed by atoms with Gasteiger partial charge in [-0.3, -0.25) is 9.36 Å². The number of sulfonamides is 1. The van der Waals surface area contributed by atoms with Crippen LogP contribution >= 0.6 is 11.6 Å². The molecule has 3 aromatic carbocycles. The summed E-state index contributed by atoms with van der Waals surface area (Å²) in [5, 5.41) is 18.2. The number of nitrogens with zero attached hydrogens (tertiary/aromatic N) is 2. The van der Waals surface area contributed by atoms with Gasteiger partial charge < -0.3 is 10.4 Å². The second-order valence-corrected chi connectivity index (χ2v) is 11.8. The number of amides is 1. The number of alkyl halides is 3. The summed E-state index contributed by atoms with van der Waals surface area (Å²) >= 11 is 5.97. The zero-order chi connectivity index (χ0) is 29.6. The van der Waals surface area contributed by atoms with Gasteiger partial charge in [0.25, 0.3) is 5.91 Å². The summed E-state index contributed by atoms with van der Waals surface area (Å²) in [4.78, 5) is 16.7. The first-order chi connectivity index (χ1) is 18.5. The fourth-order valence-electron chi connectivity index (χ4n) is 4.28. The van der Waals surface area contributed by atoms with Crippen LogP contribution in [-0.2, 0) is 28.2 Å². The third-order valence-electron chi connectivity index (χ3n) is 6.18. The Morgan fingerprint density at radius 2 is 1.75 bits per heavy atom. The average Bonchev–Trinajstić information content (AvgIpc) is 3.21. The lowest BCUT2D eigenvalue weighted by atomic mass is 10.1. The van der Waals surface area contributed by atoms with Crippen LogP contribution in [0.25, 0.3) is 16.7 Å². The maximum absolute atomic E-state index is 13.4. The second-order valence-electron chi connectivity index (χ2n) is 9.87. The molecule has 40 heavy (non-hydrogen) atoms. The largest absolute Gasteiger partial charge is 0.417 e. The highest BCUT2D eigenvalue weighted by Crippen LogP contribution is 2.38. The van der Waals surface area contributed by atoms with Crippen molar-refractivity contribution in [2.45, 2.75) is 43.9 Å².